The molecule has 8 nitrogen and oxygen atoms in total. The van der Waals surface area contributed by atoms with Crippen molar-refractivity contribution in [3.05, 3.63) is 88.4 Å². The van der Waals surface area contributed by atoms with E-state index in [4.69, 9.17) is 21.1 Å². The van der Waals surface area contributed by atoms with Crippen LogP contribution in [0.4, 0.5) is 5.69 Å². The summed E-state index contributed by atoms with van der Waals surface area (Å²) in [4.78, 5) is 36.3. The van der Waals surface area contributed by atoms with E-state index in [-0.39, 0.29) is 5.75 Å². The smallest absolute Gasteiger partial charge is 0.343 e. The van der Waals surface area contributed by atoms with E-state index in [2.05, 4.69) is 15.8 Å². The van der Waals surface area contributed by atoms with Gasteiger partial charge in [0.1, 0.15) is 0 Å². The monoisotopic (exact) mass is 465 g/mol. The van der Waals surface area contributed by atoms with Crippen molar-refractivity contribution in [2.24, 2.45) is 5.10 Å². The third kappa shape index (κ3) is 6.41. The number of methoxy groups -OCH3 is 1. The molecule has 3 aromatic rings. The molecule has 0 aliphatic carbocycles. The van der Waals surface area contributed by atoms with Gasteiger partial charge in [-0.25, -0.2) is 10.2 Å². The molecular formula is C24H20ClN3O5. The van der Waals surface area contributed by atoms with Crippen molar-refractivity contribution in [1.29, 1.82) is 0 Å². The number of aryl methyl sites for hydroxylation is 1. The van der Waals surface area contributed by atoms with Crippen molar-refractivity contribution in [2.45, 2.75) is 6.92 Å². The van der Waals surface area contributed by atoms with Gasteiger partial charge in [-0.2, -0.15) is 5.10 Å². The first-order valence-corrected chi connectivity index (χ1v) is 10.1. The summed E-state index contributed by atoms with van der Waals surface area (Å²) in [6.07, 6.45) is 1.31. The Balaban J connectivity index is 1.61. The number of benzene rings is 3. The number of carbonyl (C=O) groups excluding carboxylic acids is 3. The van der Waals surface area contributed by atoms with Crippen molar-refractivity contribution >= 4 is 41.3 Å². The van der Waals surface area contributed by atoms with Gasteiger partial charge in [0.05, 0.1) is 29.6 Å². The SMILES string of the molecule is COc1cc(C=NNC(=O)C(=O)Nc2ccccc2Cl)ccc1OC(=O)c1ccc(C)cc1. The first-order valence-electron chi connectivity index (χ1n) is 9.73. The molecule has 0 aliphatic rings. The number of hydrazone groups is 1. The topological polar surface area (TPSA) is 106 Å². The molecule has 3 aromatic carbocycles. The molecule has 0 heterocycles. The lowest BCUT2D eigenvalue weighted by Gasteiger charge is -2.10. The molecule has 168 valence electrons. The summed E-state index contributed by atoms with van der Waals surface area (Å²) in [6.45, 7) is 1.92. The average Bonchev–Trinajstić information content (AvgIpc) is 2.81. The molecule has 0 atom stereocenters. The van der Waals surface area contributed by atoms with E-state index in [1.165, 1.54) is 19.4 Å². The standard InChI is InChI=1S/C24H20ClN3O5/c1-15-7-10-17(11-8-15)24(31)33-20-12-9-16(13-21(20)32-2)14-26-28-23(30)22(29)27-19-6-4-3-5-18(19)25/h3-14H,1-2H3,(H,27,29)(H,28,30). The van der Waals surface area contributed by atoms with Gasteiger partial charge in [0.2, 0.25) is 0 Å². The number of rotatable bonds is 6. The summed E-state index contributed by atoms with van der Waals surface area (Å²) < 4.78 is 10.7. The number of hydrogen-bond donors (Lipinski definition) is 2. The van der Waals surface area contributed by atoms with Crippen LogP contribution in [-0.2, 0) is 9.59 Å². The van der Waals surface area contributed by atoms with Crippen molar-refractivity contribution in [3.8, 4) is 11.5 Å². The first kappa shape index (κ1) is 23.5. The number of hydrogen-bond acceptors (Lipinski definition) is 6. The number of nitrogens with one attached hydrogen (secondary N) is 2. The Kier molecular flexibility index (Phi) is 7.77. The van der Waals surface area contributed by atoms with Crippen molar-refractivity contribution in [3.63, 3.8) is 0 Å². The van der Waals surface area contributed by atoms with Crippen LogP contribution in [0.15, 0.2) is 71.8 Å². The Labute approximate surface area is 195 Å². The van der Waals surface area contributed by atoms with Gasteiger partial charge in [-0.05, 0) is 55.0 Å². The van der Waals surface area contributed by atoms with Gasteiger partial charge < -0.3 is 14.8 Å². The highest BCUT2D eigenvalue weighted by Crippen LogP contribution is 2.28. The Morgan fingerprint density at radius 2 is 1.67 bits per heavy atom. The molecule has 0 fully saturated rings. The fourth-order valence-electron chi connectivity index (χ4n) is 2.66. The Morgan fingerprint density at radius 3 is 2.36 bits per heavy atom. The summed E-state index contributed by atoms with van der Waals surface area (Å²) in [6, 6.07) is 18.2. The van der Waals surface area contributed by atoms with Gasteiger partial charge in [0, 0.05) is 0 Å². The number of halogens is 1. The molecule has 9 heteroatoms. The zero-order chi connectivity index (χ0) is 23.8. The normalized spacial score (nSPS) is 10.5. The largest absolute Gasteiger partial charge is 0.493 e. The van der Waals surface area contributed by atoms with Gasteiger partial charge in [-0.1, -0.05) is 41.4 Å². The molecule has 2 N–H and O–H groups in total. The average molecular weight is 466 g/mol. The van der Waals surface area contributed by atoms with Crippen LogP contribution in [0.25, 0.3) is 0 Å². The van der Waals surface area contributed by atoms with Gasteiger partial charge >= 0.3 is 17.8 Å². The molecule has 0 aliphatic heterocycles. The molecule has 3 rings (SSSR count). The van der Waals surface area contributed by atoms with E-state index in [1.807, 2.05) is 19.1 Å². The minimum absolute atomic E-state index is 0.225. The van der Waals surface area contributed by atoms with E-state index < -0.39 is 17.8 Å². The van der Waals surface area contributed by atoms with E-state index in [0.29, 0.717) is 27.6 Å². The predicted octanol–water partition coefficient (Wildman–Crippen LogP) is 3.97. The zero-order valence-corrected chi connectivity index (χ0v) is 18.6. The first-order chi connectivity index (χ1) is 15.9. The van der Waals surface area contributed by atoms with Gasteiger partial charge in [-0.15, -0.1) is 0 Å². The van der Waals surface area contributed by atoms with Crippen LogP contribution in [0, 0.1) is 6.92 Å². The predicted molar refractivity (Wildman–Crippen MR) is 125 cm³/mol. The highest BCUT2D eigenvalue weighted by Gasteiger charge is 2.15. The molecule has 0 saturated heterocycles. The van der Waals surface area contributed by atoms with Crippen molar-refractivity contribution in [2.75, 3.05) is 12.4 Å². The van der Waals surface area contributed by atoms with Crippen molar-refractivity contribution < 1.29 is 23.9 Å². The van der Waals surface area contributed by atoms with Gasteiger partial charge in [0.25, 0.3) is 0 Å². The number of carbonyl (C=O) groups is 3. The summed E-state index contributed by atoms with van der Waals surface area (Å²) in [5.74, 6) is -1.89. The lowest BCUT2D eigenvalue weighted by Crippen LogP contribution is -2.32. The molecule has 2 amide bonds. The molecular weight excluding hydrogens is 446 g/mol. The van der Waals surface area contributed by atoms with Crippen molar-refractivity contribution in [1.82, 2.24) is 5.43 Å². The Hall–Kier alpha value is -4.17. The molecule has 33 heavy (non-hydrogen) atoms. The second kappa shape index (κ2) is 10.9. The van der Waals surface area contributed by atoms with E-state index >= 15 is 0 Å². The summed E-state index contributed by atoms with van der Waals surface area (Å²) in [5, 5.41) is 6.46. The van der Waals surface area contributed by atoms with E-state index in [0.717, 1.165) is 5.56 Å². The molecule has 0 spiro atoms. The number of nitrogens with zero attached hydrogens (tertiary/aromatic N) is 1. The maximum atomic E-state index is 12.3. The number of para-hydroxylation sites is 1. The lowest BCUT2D eigenvalue weighted by atomic mass is 10.1. The molecule has 0 radical (unpaired) electrons. The van der Waals surface area contributed by atoms with Crippen LogP contribution in [0.2, 0.25) is 5.02 Å². The minimum Gasteiger partial charge on any atom is -0.493 e. The fourth-order valence-corrected chi connectivity index (χ4v) is 2.84. The van der Waals surface area contributed by atoms with Crippen LogP contribution in [0.3, 0.4) is 0 Å². The highest BCUT2D eigenvalue weighted by molar-refractivity contribution is 6.41. The molecule has 0 unspecified atom stereocenters. The second-order valence-electron chi connectivity index (χ2n) is 6.80. The lowest BCUT2D eigenvalue weighted by molar-refractivity contribution is -0.136. The summed E-state index contributed by atoms with van der Waals surface area (Å²) in [7, 11) is 1.43. The van der Waals surface area contributed by atoms with E-state index in [9.17, 15) is 14.4 Å². The number of amides is 2. The number of ether oxygens (including phenoxy) is 2. The number of anilines is 1. The third-order valence-corrected chi connectivity index (χ3v) is 4.72. The van der Waals surface area contributed by atoms with Crippen LogP contribution in [-0.4, -0.2) is 31.1 Å². The van der Waals surface area contributed by atoms with Crippen LogP contribution >= 0.6 is 11.6 Å². The second-order valence-corrected chi connectivity index (χ2v) is 7.21. The molecule has 0 aromatic heterocycles. The Morgan fingerprint density at radius 1 is 0.939 bits per heavy atom. The van der Waals surface area contributed by atoms with Gasteiger partial charge in [-0.3, -0.25) is 9.59 Å². The highest BCUT2D eigenvalue weighted by atomic mass is 35.5. The molecule has 0 bridgehead atoms. The summed E-state index contributed by atoms with van der Waals surface area (Å²) in [5.41, 5.74) is 4.41. The van der Waals surface area contributed by atoms with Crippen LogP contribution in [0.5, 0.6) is 11.5 Å². The Bertz CT molecular complexity index is 1210. The van der Waals surface area contributed by atoms with E-state index in [1.54, 1.807) is 48.5 Å². The third-order valence-electron chi connectivity index (χ3n) is 4.39. The zero-order valence-electron chi connectivity index (χ0n) is 17.8. The maximum absolute atomic E-state index is 12.3. The quantitative estimate of drug-likeness (QED) is 0.188. The van der Waals surface area contributed by atoms with Gasteiger partial charge in [0.15, 0.2) is 11.5 Å². The van der Waals surface area contributed by atoms with Crippen LogP contribution < -0.4 is 20.2 Å². The molecule has 0 saturated carbocycles. The fraction of sp³-hybridized carbons (Fsp3) is 0.0833. The maximum Gasteiger partial charge on any atom is 0.343 e. The minimum atomic E-state index is -0.971. The van der Waals surface area contributed by atoms with Crippen LogP contribution in [0.1, 0.15) is 21.5 Å². The summed E-state index contributed by atoms with van der Waals surface area (Å²) >= 11 is 5.95. The number of esters is 1.